The van der Waals surface area contributed by atoms with Gasteiger partial charge in [0.2, 0.25) is 0 Å². The molecule has 1 aliphatic rings. The average Bonchev–Trinajstić information content (AvgIpc) is 2.45. The summed E-state index contributed by atoms with van der Waals surface area (Å²) in [6.45, 7) is 5.97. The van der Waals surface area contributed by atoms with Gasteiger partial charge in [0.1, 0.15) is 5.75 Å². The van der Waals surface area contributed by atoms with Gasteiger partial charge in [0.05, 0.1) is 6.61 Å². The first-order valence-electron chi connectivity index (χ1n) is 7.04. The zero-order valence-corrected chi connectivity index (χ0v) is 12.5. The molecule has 4 heteroatoms. The Morgan fingerprint density at radius 2 is 2.26 bits per heavy atom. The fourth-order valence-corrected chi connectivity index (χ4v) is 3.44. The fraction of sp³-hybridized carbons (Fsp3) is 0.600. The molecule has 0 aliphatic carbocycles. The number of thioether (sulfide) groups is 1. The Kier molecular flexibility index (Phi) is 6.01. The van der Waals surface area contributed by atoms with Crippen LogP contribution in [-0.2, 0) is 6.54 Å². The summed E-state index contributed by atoms with van der Waals surface area (Å²) >= 11 is 2.06. The molecule has 106 valence electrons. The second-order valence-corrected chi connectivity index (χ2v) is 6.12. The minimum absolute atomic E-state index is 0.538. The summed E-state index contributed by atoms with van der Waals surface area (Å²) < 4.78 is 5.84. The molecule has 1 unspecified atom stereocenters. The van der Waals surface area contributed by atoms with Gasteiger partial charge in [-0.05, 0) is 19.4 Å². The third-order valence-corrected chi connectivity index (χ3v) is 4.73. The van der Waals surface area contributed by atoms with Crippen LogP contribution in [-0.4, -0.2) is 42.1 Å². The third-order valence-electron chi connectivity index (χ3n) is 3.54. The summed E-state index contributed by atoms with van der Waals surface area (Å²) in [7, 11) is 0. The van der Waals surface area contributed by atoms with Gasteiger partial charge in [0, 0.05) is 42.7 Å². The van der Waals surface area contributed by atoms with E-state index in [4.69, 9.17) is 10.5 Å². The summed E-state index contributed by atoms with van der Waals surface area (Å²) in [6, 6.07) is 8.73. The molecule has 1 aromatic rings. The van der Waals surface area contributed by atoms with E-state index >= 15 is 0 Å². The van der Waals surface area contributed by atoms with E-state index in [-0.39, 0.29) is 0 Å². The molecule has 0 aromatic heterocycles. The Balaban J connectivity index is 1.71. The monoisotopic (exact) mass is 280 g/mol. The maximum atomic E-state index is 5.84. The van der Waals surface area contributed by atoms with E-state index in [9.17, 15) is 0 Å². The SMILES string of the molecule is CC1CSCCN1CCCOc1ccccc1CN. The van der Waals surface area contributed by atoms with Crippen molar-refractivity contribution in [1.82, 2.24) is 4.90 Å². The van der Waals surface area contributed by atoms with E-state index in [2.05, 4.69) is 23.6 Å². The van der Waals surface area contributed by atoms with Gasteiger partial charge in [-0.25, -0.2) is 0 Å². The van der Waals surface area contributed by atoms with Crippen molar-refractivity contribution in [2.24, 2.45) is 5.73 Å². The number of nitrogens with two attached hydrogens (primary N) is 1. The molecule has 0 radical (unpaired) electrons. The van der Waals surface area contributed by atoms with Gasteiger partial charge in [-0.2, -0.15) is 11.8 Å². The van der Waals surface area contributed by atoms with Crippen LogP contribution in [0.25, 0.3) is 0 Å². The molecule has 1 heterocycles. The number of benzene rings is 1. The van der Waals surface area contributed by atoms with Gasteiger partial charge < -0.3 is 10.5 Å². The predicted molar refractivity (Wildman–Crippen MR) is 82.8 cm³/mol. The predicted octanol–water partition coefficient (Wildman–Crippen LogP) is 2.35. The van der Waals surface area contributed by atoms with E-state index in [1.54, 1.807) is 0 Å². The van der Waals surface area contributed by atoms with Crippen molar-refractivity contribution in [3.8, 4) is 5.75 Å². The Bertz CT molecular complexity index is 386. The van der Waals surface area contributed by atoms with Crippen LogP contribution >= 0.6 is 11.8 Å². The average molecular weight is 280 g/mol. The molecule has 19 heavy (non-hydrogen) atoms. The van der Waals surface area contributed by atoms with Crippen molar-refractivity contribution >= 4 is 11.8 Å². The highest BCUT2D eigenvalue weighted by molar-refractivity contribution is 7.99. The molecule has 1 aromatic carbocycles. The summed E-state index contributed by atoms with van der Waals surface area (Å²) in [4.78, 5) is 2.56. The van der Waals surface area contributed by atoms with Crippen LogP contribution in [0, 0.1) is 0 Å². The van der Waals surface area contributed by atoms with Crippen molar-refractivity contribution in [3.05, 3.63) is 29.8 Å². The molecule has 1 aliphatic heterocycles. The highest BCUT2D eigenvalue weighted by atomic mass is 32.2. The Hall–Kier alpha value is -0.710. The van der Waals surface area contributed by atoms with E-state index in [0.717, 1.165) is 30.9 Å². The minimum Gasteiger partial charge on any atom is -0.493 e. The number of para-hydroxylation sites is 1. The molecule has 0 spiro atoms. The zero-order valence-electron chi connectivity index (χ0n) is 11.7. The fourth-order valence-electron chi connectivity index (χ4n) is 2.36. The van der Waals surface area contributed by atoms with Gasteiger partial charge in [0.25, 0.3) is 0 Å². The van der Waals surface area contributed by atoms with Crippen molar-refractivity contribution in [2.75, 3.05) is 31.2 Å². The highest BCUT2D eigenvalue weighted by Gasteiger charge is 2.17. The lowest BCUT2D eigenvalue weighted by atomic mass is 10.2. The van der Waals surface area contributed by atoms with E-state index < -0.39 is 0 Å². The van der Waals surface area contributed by atoms with Crippen molar-refractivity contribution < 1.29 is 4.74 Å². The smallest absolute Gasteiger partial charge is 0.123 e. The number of hydrogen-bond donors (Lipinski definition) is 1. The lowest BCUT2D eigenvalue weighted by Gasteiger charge is -2.32. The Morgan fingerprint density at radius 3 is 3.05 bits per heavy atom. The summed E-state index contributed by atoms with van der Waals surface area (Å²) in [5.74, 6) is 3.46. The topological polar surface area (TPSA) is 38.5 Å². The summed E-state index contributed by atoms with van der Waals surface area (Å²) in [5, 5.41) is 0. The standard InChI is InChI=1S/C15H24N2OS/c1-13-12-19-10-8-17(13)7-4-9-18-15-6-3-2-5-14(15)11-16/h2-3,5-6,13H,4,7-12,16H2,1H3. The Morgan fingerprint density at radius 1 is 1.42 bits per heavy atom. The van der Waals surface area contributed by atoms with Crippen LogP contribution in [0.5, 0.6) is 5.75 Å². The van der Waals surface area contributed by atoms with Crippen LogP contribution in [0.2, 0.25) is 0 Å². The van der Waals surface area contributed by atoms with E-state index in [1.165, 1.54) is 18.1 Å². The molecule has 2 rings (SSSR count). The number of rotatable bonds is 6. The van der Waals surface area contributed by atoms with Gasteiger partial charge >= 0.3 is 0 Å². The maximum absolute atomic E-state index is 5.84. The molecular formula is C15H24N2OS. The second kappa shape index (κ2) is 7.78. The first kappa shape index (κ1) is 14.7. The maximum Gasteiger partial charge on any atom is 0.123 e. The highest BCUT2D eigenvalue weighted by Crippen LogP contribution is 2.18. The van der Waals surface area contributed by atoms with Gasteiger partial charge in [0.15, 0.2) is 0 Å². The number of hydrogen-bond acceptors (Lipinski definition) is 4. The van der Waals surface area contributed by atoms with Crippen molar-refractivity contribution in [3.63, 3.8) is 0 Å². The number of ether oxygens (including phenoxy) is 1. The van der Waals surface area contributed by atoms with E-state index in [1.807, 2.05) is 24.3 Å². The molecule has 0 amide bonds. The molecule has 0 bridgehead atoms. The molecule has 1 fully saturated rings. The molecule has 3 nitrogen and oxygen atoms in total. The number of nitrogens with zero attached hydrogens (tertiary/aromatic N) is 1. The van der Waals surface area contributed by atoms with Crippen LogP contribution in [0.4, 0.5) is 0 Å². The quantitative estimate of drug-likeness (QED) is 0.812. The first-order chi connectivity index (χ1) is 9.31. The normalized spacial score (nSPS) is 20.4. The van der Waals surface area contributed by atoms with Crippen molar-refractivity contribution in [2.45, 2.75) is 25.9 Å². The van der Waals surface area contributed by atoms with Gasteiger partial charge in [-0.1, -0.05) is 18.2 Å². The van der Waals surface area contributed by atoms with Crippen LogP contribution in [0.1, 0.15) is 18.9 Å². The first-order valence-corrected chi connectivity index (χ1v) is 8.19. The lowest BCUT2D eigenvalue weighted by Crippen LogP contribution is -2.41. The molecular weight excluding hydrogens is 256 g/mol. The minimum atomic E-state index is 0.538. The van der Waals surface area contributed by atoms with Crippen LogP contribution < -0.4 is 10.5 Å². The van der Waals surface area contributed by atoms with E-state index in [0.29, 0.717) is 12.6 Å². The van der Waals surface area contributed by atoms with Gasteiger partial charge in [-0.15, -0.1) is 0 Å². The zero-order chi connectivity index (χ0) is 13.5. The Labute approximate surface area is 120 Å². The largest absolute Gasteiger partial charge is 0.493 e. The molecule has 1 atom stereocenters. The molecule has 0 saturated carbocycles. The summed E-state index contributed by atoms with van der Waals surface area (Å²) in [6.07, 6.45) is 1.08. The second-order valence-electron chi connectivity index (χ2n) is 4.97. The summed E-state index contributed by atoms with van der Waals surface area (Å²) in [5.41, 5.74) is 6.79. The third kappa shape index (κ3) is 4.41. The van der Waals surface area contributed by atoms with Crippen LogP contribution in [0.3, 0.4) is 0 Å². The molecule has 1 saturated heterocycles. The van der Waals surface area contributed by atoms with Crippen molar-refractivity contribution in [1.29, 1.82) is 0 Å². The van der Waals surface area contributed by atoms with Crippen LogP contribution in [0.15, 0.2) is 24.3 Å². The van der Waals surface area contributed by atoms with Gasteiger partial charge in [-0.3, -0.25) is 4.90 Å². The molecule has 2 N–H and O–H groups in total. The lowest BCUT2D eigenvalue weighted by molar-refractivity contribution is 0.205.